The van der Waals surface area contributed by atoms with Gasteiger partial charge in [0.15, 0.2) is 6.79 Å². The molecule has 0 radical (unpaired) electrons. The highest BCUT2D eigenvalue weighted by molar-refractivity contribution is 6.73. The van der Waals surface area contributed by atoms with Crippen LogP contribution < -0.4 is 10.2 Å². The van der Waals surface area contributed by atoms with Gasteiger partial charge in [-0.05, 0) is 24.8 Å². The second-order valence-corrected chi connectivity index (χ2v) is 4.11. The van der Waals surface area contributed by atoms with Crippen molar-refractivity contribution in [2.24, 2.45) is 5.92 Å². The predicted molar refractivity (Wildman–Crippen MR) is 57.1 cm³/mol. The Hall–Kier alpha value is -1.24. The molecule has 1 aliphatic rings. The fourth-order valence-corrected chi connectivity index (χ4v) is 1.30. The predicted octanol–water partition coefficient (Wildman–Crippen LogP) is 1.90. The van der Waals surface area contributed by atoms with Crippen LogP contribution in [0.5, 0.6) is 5.75 Å². The molecule has 0 aliphatic heterocycles. The van der Waals surface area contributed by atoms with E-state index in [1.165, 1.54) is 6.20 Å². The first-order chi connectivity index (χ1) is 8.05. The number of hydrogen-bond donors (Lipinski definition) is 0. The summed E-state index contributed by atoms with van der Waals surface area (Å²) >= 11 is 0. The minimum atomic E-state index is -5.03. The Balaban J connectivity index is 1.82. The van der Waals surface area contributed by atoms with Crippen LogP contribution in [-0.2, 0) is 4.74 Å². The number of nitrogens with zero attached hydrogens (tertiary/aromatic N) is 1. The van der Waals surface area contributed by atoms with Gasteiger partial charge < -0.3 is 22.4 Å². The molecule has 0 unspecified atom stereocenters. The minimum Gasteiger partial charge on any atom is -0.466 e. The highest BCUT2D eigenvalue weighted by atomic mass is 19.4. The molecule has 0 aromatic carbocycles. The number of hydrogen-bond acceptors (Lipinski definition) is 3. The third kappa shape index (κ3) is 3.92. The maximum Gasteiger partial charge on any atom is 0.511 e. The van der Waals surface area contributed by atoms with Gasteiger partial charge in [-0.15, -0.1) is 0 Å². The van der Waals surface area contributed by atoms with E-state index >= 15 is 0 Å². The van der Waals surface area contributed by atoms with Gasteiger partial charge in [0, 0.05) is 6.20 Å². The van der Waals surface area contributed by atoms with Gasteiger partial charge in [-0.25, -0.2) is 0 Å². The van der Waals surface area contributed by atoms with Crippen LogP contribution in [0.15, 0.2) is 18.5 Å². The second kappa shape index (κ2) is 4.95. The molecular weight excluding hydrogens is 234 g/mol. The molecular formula is C10H12BF3NO2-. The zero-order chi connectivity index (χ0) is 12.3. The quantitative estimate of drug-likeness (QED) is 0.436. The van der Waals surface area contributed by atoms with Crippen LogP contribution in [0.1, 0.15) is 12.8 Å². The third-order valence-corrected chi connectivity index (χ3v) is 2.47. The fourth-order valence-electron chi connectivity index (χ4n) is 1.30. The van der Waals surface area contributed by atoms with E-state index < -0.39 is 12.4 Å². The smallest absolute Gasteiger partial charge is 0.466 e. The van der Waals surface area contributed by atoms with Crippen LogP contribution in [-0.4, -0.2) is 25.4 Å². The summed E-state index contributed by atoms with van der Waals surface area (Å²) < 4.78 is 47.4. The first-order valence-corrected chi connectivity index (χ1v) is 5.41. The standard InChI is InChI=1S/C10H12BF3NO2/c12-11(13,14)9-3-10(5-15-4-9)17-7-16-6-8-1-2-8/h3-5,8H,1-2,6-7H2/q-1. The monoisotopic (exact) mass is 246 g/mol. The molecule has 2 rings (SSSR count). The Morgan fingerprint density at radius 1 is 1.29 bits per heavy atom. The molecule has 0 bridgehead atoms. The lowest BCUT2D eigenvalue weighted by Gasteiger charge is -2.15. The van der Waals surface area contributed by atoms with Gasteiger partial charge in [-0.1, -0.05) is 5.46 Å². The minimum absolute atomic E-state index is 0.0352. The Morgan fingerprint density at radius 2 is 2.06 bits per heavy atom. The zero-order valence-corrected chi connectivity index (χ0v) is 9.11. The second-order valence-electron chi connectivity index (χ2n) is 4.11. The molecule has 0 N–H and O–H groups in total. The van der Waals surface area contributed by atoms with Crippen LogP contribution in [0, 0.1) is 5.92 Å². The Morgan fingerprint density at radius 3 is 2.71 bits per heavy atom. The maximum atomic E-state index is 12.4. The van der Waals surface area contributed by atoms with Gasteiger partial charge in [-0.2, -0.15) is 0 Å². The molecule has 1 aliphatic carbocycles. The van der Waals surface area contributed by atoms with Crippen molar-refractivity contribution in [1.82, 2.24) is 4.98 Å². The molecule has 17 heavy (non-hydrogen) atoms. The van der Waals surface area contributed by atoms with E-state index in [1.807, 2.05) is 0 Å². The van der Waals surface area contributed by atoms with Crippen LogP contribution in [0.2, 0.25) is 0 Å². The van der Waals surface area contributed by atoms with Crippen LogP contribution in [0.25, 0.3) is 0 Å². The van der Waals surface area contributed by atoms with Crippen molar-refractivity contribution < 1.29 is 22.4 Å². The molecule has 1 saturated carbocycles. The van der Waals surface area contributed by atoms with Crippen molar-refractivity contribution in [3.8, 4) is 5.75 Å². The molecule has 0 amide bonds. The van der Waals surface area contributed by atoms with Crippen molar-refractivity contribution in [3.63, 3.8) is 0 Å². The van der Waals surface area contributed by atoms with E-state index in [1.54, 1.807) is 0 Å². The zero-order valence-electron chi connectivity index (χ0n) is 9.11. The van der Waals surface area contributed by atoms with Crippen molar-refractivity contribution in [3.05, 3.63) is 18.5 Å². The van der Waals surface area contributed by atoms with Crippen molar-refractivity contribution in [2.75, 3.05) is 13.4 Å². The normalized spacial score (nSPS) is 15.9. The van der Waals surface area contributed by atoms with E-state index in [-0.39, 0.29) is 12.5 Å². The van der Waals surface area contributed by atoms with E-state index in [2.05, 4.69) is 4.98 Å². The first kappa shape index (κ1) is 12.2. The molecule has 94 valence electrons. The Kier molecular flexibility index (Phi) is 3.56. The van der Waals surface area contributed by atoms with Crippen LogP contribution in [0.4, 0.5) is 12.9 Å². The summed E-state index contributed by atoms with van der Waals surface area (Å²) in [4.78, 5) is 3.49. The highest BCUT2D eigenvalue weighted by Gasteiger charge is 2.26. The average molecular weight is 246 g/mol. The van der Waals surface area contributed by atoms with Crippen molar-refractivity contribution in [1.29, 1.82) is 0 Å². The molecule has 0 spiro atoms. The van der Waals surface area contributed by atoms with E-state index in [0.29, 0.717) is 12.5 Å². The van der Waals surface area contributed by atoms with Crippen LogP contribution in [0.3, 0.4) is 0 Å². The number of aromatic nitrogens is 1. The summed E-state index contributed by atoms with van der Waals surface area (Å²) in [6.45, 7) is -4.46. The Bertz CT molecular complexity index is 382. The van der Waals surface area contributed by atoms with Gasteiger partial charge in [-0.3, -0.25) is 4.98 Å². The molecule has 1 aromatic heterocycles. The largest absolute Gasteiger partial charge is 0.511 e. The average Bonchev–Trinajstić information content (AvgIpc) is 3.08. The summed E-state index contributed by atoms with van der Waals surface area (Å²) in [7, 11) is 0. The molecule has 1 fully saturated rings. The topological polar surface area (TPSA) is 31.4 Å². The highest BCUT2D eigenvalue weighted by Crippen LogP contribution is 2.28. The van der Waals surface area contributed by atoms with Gasteiger partial charge in [0.2, 0.25) is 0 Å². The van der Waals surface area contributed by atoms with Crippen molar-refractivity contribution >= 4 is 12.4 Å². The van der Waals surface area contributed by atoms with Gasteiger partial charge in [0.25, 0.3) is 0 Å². The summed E-state index contributed by atoms with van der Waals surface area (Å²) in [6, 6.07) is 0.938. The van der Waals surface area contributed by atoms with E-state index in [0.717, 1.165) is 25.1 Å². The van der Waals surface area contributed by atoms with Gasteiger partial charge >= 0.3 is 6.98 Å². The fraction of sp³-hybridized carbons (Fsp3) is 0.500. The summed E-state index contributed by atoms with van der Waals surface area (Å²) in [5, 5.41) is 0. The lowest BCUT2D eigenvalue weighted by Crippen LogP contribution is -2.34. The van der Waals surface area contributed by atoms with Gasteiger partial charge in [0.05, 0.1) is 12.8 Å². The van der Waals surface area contributed by atoms with Crippen molar-refractivity contribution in [2.45, 2.75) is 12.8 Å². The number of halogens is 3. The maximum absolute atomic E-state index is 12.4. The summed E-state index contributed by atoms with van der Waals surface area (Å²) in [5.74, 6) is 0.680. The van der Waals surface area contributed by atoms with E-state index in [4.69, 9.17) is 9.47 Å². The molecule has 7 heteroatoms. The number of pyridine rings is 1. The third-order valence-electron chi connectivity index (χ3n) is 2.47. The molecule has 1 heterocycles. The summed E-state index contributed by atoms with van der Waals surface area (Å²) in [5.41, 5.74) is -0.760. The molecule has 3 nitrogen and oxygen atoms in total. The number of ether oxygens (including phenoxy) is 2. The Labute approximate surface area is 97.0 Å². The molecule has 0 atom stereocenters. The number of rotatable bonds is 6. The lowest BCUT2D eigenvalue weighted by molar-refractivity contribution is 0.00982. The van der Waals surface area contributed by atoms with E-state index in [9.17, 15) is 12.9 Å². The van der Waals surface area contributed by atoms with Gasteiger partial charge in [0.1, 0.15) is 5.75 Å². The van der Waals surface area contributed by atoms with Crippen LogP contribution >= 0.6 is 0 Å². The molecule has 1 aromatic rings. The SMILES string of the molecule is F[B-](F)(F)c1cncc(OCOCC2CC2)c1. The summed E-state index contributed by atoms with van der Waals surface area (Å²) in [6.07, 6.45) is 4.35. The first-order valence-electron chi connectivity index (χ1n) is 5.41. The lowest BCUT2D eigenvalue weighted by atomic mass is 9.81. The molecule has 0 saturated heterocycles.